The van der Waals surface area contributed by atoms with Crippen LogP contribution in [-0.2, 0) is 12.8 Å². The first-order chi connectivity index (χ1) is 9.01. The van der Waals surface area contributed by atoms with Crippen LogP contribution in [0.5, 0.6) is 0 Å². The molecule has 0 aliphatic heterocycles. The first-order valence-electron chi connectivity index (χ1n) is 7.39. The van der Waals surface area contributed by atoms with Gasteiger partial charge < -0.3 is 5.11 Å². The summed E-state index contributed by atoms with van der Waals surface area (Å²) in [5, 5.41) is 9.85. The highest BCUT2D eigenvalue weighted by atomic mass is 16.3. The molecule has 0 spiro atoms. The van der Waals surface area contributed by atoms with Crippen LogP contribution >= 0.6 is 0 Å². The Morgan fingerprint density at radius 1 is 1.21 bits per heavy atom. The van der Waals surface area contributed by atoms with E-state index in [1.54, 1.807) is 0 Å². The Bertz CT molecular complexity index is 443. The zero-order chi connectivity index (χ0) is 14.4. The van der Waals surface area contributed by atoms with E-state index in [0.717, 1.165) is 25.7 Å². The minimum atomic E-state index is -0.216. The van der Waals surface area contributed by atoms with Crippen LogP contribution in [0.25, 0.3) is 0 Å². The number of aliphatic hydroxyl groups excluding tert-OH is 1. The molecule has 0 aromatic heterocycles. The number of rotatable bonds is 6. The number of aliphatic hydroxyl groups is 1. The van der Waals surface area contributed by atoms with Gasteiger partial charge in [-0.2, -0.15) is 0 Å². The summed E-state index contributed by atoms with van der Waals surface area (Å²) in [5.74, 6) is 0. The van der Waals surface area contributed by atoms with Crippen molar-refractivity contribution in [3.8, 4) is 0 Å². The molecule has 0 amide bonds. The van der Waals surface area contributed by atoms with Crippen molar-refractivity contribution < 1.29 is 5.11 Å². The van der Waals surface area contributed by atoms with E-state index in [0.29, 0.717) is 0 Å². The summed E-state index contributed by atoms with van der Waals surface area (Å²) in [7, 11) is 0. The van der Waals surface area contributed by atoms with E-state index >= 15 is 0 Å². The molecule has 1 atom stereocenters. The molecule has 0 radical (unpaired) electrons. The van der Waals surface area contributed by atoms with Gasteiger partial charge in [-0.25, -0.2) is 0 Å². The Kier molecular flexibility index (Phi) is 6.30. The van der Waals surface area contributed by atoms with E-state index in [1.807, 2.05) is 6.92 Å². The molecule has 1 rings (SSSR count). The molecule has 0 aliphatic rings. The van der Waals surface area contributed by atoms with Gasteiger partial charge in [0, 0.05) is 0 Å². The summed E-state index contributed by atoms with van der Waals surface area (Å²) in [6.45, 7) is 10.7. The third kappa shape index (κ3) is 4.21. The summed E-state index contributed by atoms with van der Waals surface area (Å²) in [5.41, 5.74) is 6.91. The van der Waals surface area contributed by atoms with Gasteiger partial charge in [-0.3, -0.25) is 0 Å². The minimum absolute atomic E-state index is 0.216. The van der Waals surface area contributed by atoms with Gasteiger partial charge in [-0.05, 0) is 81.2 Å². The second kappa shape index (κ2) is 7.49. The Hall–Kier alpha value is -1.08. The smallest absolute Gasteiger partial charge is 0.0578 e. The topological polar surface area (TPSA) is 20.2 Å². The van der Waals surface area contributed by atoms with Gasteiger partial charge in [-0.15, -0.1) is 0 Å². The molecular formula is C18H28O. The minimum Gasteiger partial charge on any atom is -0.393 e. The highest BCUT2D eigenvalue weighted by Gasteiger charge is 2.12. The standard InChI is InChI=1S/C18H28O/c1-6-8-9-10-18-13(3)11-16(12-17(19)7-2)14(4)15(18)5/h6,8,11,17,19H,7,9-10,12H2,1-5H3/b8-6-. The molecule has 0 saturated heterocycles. The van der Waals surface area contributed by atoms with Crippen LogP contribution in [0.2, 0.25) is 0 Å². The third-order valence-corrected chi connectivity index (χ3v) is 4.09. The van der Waals surface area contributed by atoms with Crippen molar-refractivity contribution in [1.29, 1.82) is 0 Å². The van der Waals surface area contributed by atoms with E-state index in [1.165, 1.54) is 27.8 Å². The first kappa shape index (κ1) is 16.0. The van der Waals surface area contributed by atoms with E-state index in [9.17, 15) is 5.11 Å². The van der Waals surface area contributed by atoms with Crippen molar-refractivity contribution in [3.63, 3.8) is 0 Å². The Morgan fingerprint density at radius 3 is 2.47 bits per heavy atom. The van der Waals surface area contributed by atoms with Crippen LogP contribution in [-0.4, -0.2) is 11.2 Å². The molecule has 1 unspecified atom stereocenters. The van der Waals surface area contributed by atoms with Crippen molar-refractivity contribution in [1.82, 2.24) is 0 Å². The SMILES string of the molecule is C/C=C\CCc1c(C)cc(CC(O)CC)c(C)c1C. The van der Waals surface area contributed by atoms with Crippen LogP contribution in [0, 0.1) is 20.8 Å². The number of aryl methyl sites for hydroxylation is 1. The molecule has 1 N–H and O–H groups in total. The highest BCUT2D eigenvalue weighted by molar-refractivity contribution is 5.45. The normalized spacial score (nSPS) is 13.2. The van der Waals surface area contributed by atoms with Gasteiger partial charge in [0.1, 0.15) is 0 Å². The van der Waals surface area contributed by atoms with Crippen LogP contribution in [0.3, 0.4) is 0 Å². The number of hydrogen-bond donors (Lipinski definition) is 1. The highest BCUT2D eigenvalue weighted by Crippen LogP contribution is 2.24. The Balaban J connectivity index is 3.01. The fourth-order valence-corrected chi connectivity index (χ4v) is 2.61. The molecule has 0 aliphatic carbocycles. The predicted octanol–water partition coefficient (Wildman–Crippen LogP) is 4.43. The maximum atomic E-state index is 9.85. The largest absolute Gasteiger partial charge is 0.393 e. The second-order valence-electron chi connectivity index (χ2n) is 5.46. The van der Waals surface area contributed by atoms with Gasteiger partial charge in [-0.1, -0.05) is 25.1 Å². The molecule has 106 valence electrons. The zero-order valence-electron chi connectivity index (χ0n) is 13.1. The quantitative estimate of drug-likeness (QED) is 0.750. The third-order valence-electron chi connectivity index (χ3n) is 4.09. The van der Waals surface area contributed by atoms with Gasteiger partial charge in [0.25, 0.3) is 0 Å². The van der Waals surface area contributed by atoms with Crippen molar-refractivity contribution in [2.24, 2.45) is 0 Å². The molecule has 1 nitrogen and oxygen atoms in total. The second-order valence-corrected chi connectivity index (χ2v) is 5.46. The molecular weight excluding hydrogens is 232 g/mol. The maximum absolute atomic E-state index is 9.85. The summed E-state index contributed by atoms with van der Waals surface area (Å²) < 4.78 is 0. The lowest BCUT2D eigenvalue weighted by Gasteiger charge is -2.18. The summed E-state index contributed by atoms with van der Waals surface area (Å²) in [6, 6.07) is 2.27. The van der Waals surface area contributed by atoms with E-state index in [4.69, 9.17) is 0 Å². The van der Waals surface area contributed by atoms with Crippen LogP contribution < -0.4 is 0 Å². The molecule has 1 aromatic rings. The van der Waals surface area contributed by atoms with E-state index in [2.05, 4.69) is 45.9 Å². The molecule has 0 saturated carbocycles. The Labute approximate surface area is 118 Å². The molecule has 0 bridgehead atoms. The predicted molar refractivity (Wildman–Crippen MR) is 83.8 cm³/mol. The van der Waals surface area contributed by atoms with Crippen molar-refractivity contribution >= 4 is 0 Å². The zero-order valence-corrected chi connectivity index (χ0v) is 13.1. The molecule has 1 heteroatoms. The van der Waals surface area contributed by atoms with Gasteiger partial charge in [0.2, 0.25) is 0 Å². The van der Waals surface area contributed by atoms with Crippen molar-refractivity contribution in [2.75, 3.05) is 0 Å². The number of benzene rings is 1. The molecule has 0 fully saturated rings. The van der Waals surface area contributed by atoms with Crippen molar-refractivity contribution in [2.45, 2.75) is 66.4 Å². The molecule has 1 aromatic carbocycles. The number of hydrogen-bond acceptors (Lipinski definition) is 1. The fourth-order valence-electron chi connectivity index (χ4n) is 2.61. The summed E-state index contributed by atoms with van der Waals surface area (Å²) in [6.07, 6.45) is 7.94. The van der Waals surface area contributed by atoms with Crippen LogP contribution in [0.15, 0.2) is 18.2 Å². The van der Waals surface area contributed by atoms with Crippen LogP contribution in [0.1, 0.15) is 54.5 Å². The lowest BCUT2D eigenvalue weighted by atomic mass is 9.89. The molecule has 0 heterocycles. The van der Waals surface area contributed by atoms with E-state index in [-0.39, 0.29) is 6.10 Å². The van der Waals surface area contributed by atoms with Crippen molar-refractivity contribution in [3.05, 3.63) is 46.0 Å². The summed E-state index contributed by atoms with van der Waals surface area (Å²) >= 11 is 0. The molecule has 19 heavy (non-hydrogen) atoms. The lowest BCUT2D eigenvalue weighted by Crippen LogP contribution is -2.11. The van der Waals surface area contributed by atoms with Gasteiger partial charge in [0.05, 0.1) is 6.10 Å². The average Bonchev–Trinajstić information content (AvgIpc) is 2.39. The maximum Gasteiger partial charge on any atom is 0.0578 e. The Morgan fingerprint density at radius 2 is 1.89 bits per heavy atom. The lowest BCUT2D eigenvalue weighted by molar-refractivity contribution is 0.170. The fraction of sp³-hybridized carbons (Fsp3) is 0.556. The van der Waals surface area contributed by atoms with E-state index < -0.39 is 0 Å². The van der Waals surface area contributed by atoms with Gasteiger partial charge >= 0.3 is 0 Å². The number of allylic oxidation sites excluding steroid dienone is 2. The van der Waals surface area contributed by atoms with Gasteiger partial charge in [0.15, 0.2) is 0 Å². The van der Waals surface area contributed by atoms with Crippen LogP contribution in [0.4, 0.5) is 0 Å². The average molecular weight is 260 g/mol. The first-order valence-corrected chi connectivity index (χ1v) is 7.39. The summed E-state index contributed by atoms with van der Waals surface area (Å²) in [4.78, 5) is 0. The monoisotopic (exact) mass is 260 g/mol.